The molecule has 0 bridgehead atoms. The molecule has 1 aliphatic carbocycles. The zero-order chi connectivity index (χ0) is 22.9. The molecule has 5 rings (SSSR count). The minimum atomic E-state index is -0.515. The van der Waals surface area contributed by atoms with E-state index in [1.807, 2.05) is 6.07 Å². The standard InChI is InChI=1S/C24H28N6O3/c1-16(28-9-11-29(12-10-28)18-5-3-2-4-6-18)14-26-22(31)17-13-20-21(25-15-17)30(19-7-8-19)24(33)27-23(20)32/h2-6,13,15-16,19H,7-12,14H2,1H3,(H,26,31)(H,27,32,33). The minimum absolute atomic E-state index is 0.0761. The molecule has 2 aromatic heterocycles. The van der Waals surface area contributed by atoms with Crippen LogP contribution in [0, 0.1) is 0 Å². The van der Waals surface area contributed by atoms with Crippen molar-refractivity contribution in [1.29, 1.82) is 0 Å². The van der Waals surface area contributed by atoms with Crippen molar-refractivity contribution in [2.75, 3.05) is 37.6 Å². The maximum atomic E-state index is 12.8. The molecule has 1 unspecified atom stereocenters. The lowest BCUT2D eigenvalue weighted by Gasteiger charge is -2.39. The van der Waals surface area contributed by atoms with Crippen LogP contribution in [0.4, 0.5) is 5.69 Å². The van der Waals surface area contributed by atoms with E-state index in [-0.39, 0.29) is 23.4 Å². The molecule has 1 saturated carbocycles. The first-order valence-electron chi connectivity index (χ1n) is 11.5. The van der Waals surface area contributed by atoms with Gasteiger partial charge >= 0.3 is 5.69 Å². The highest BCUT2D eigenvalue weighted by Gasteiger charge is 2.28. The van der Waals surface area contributed by atoms with Gasteiger partial charge < -0.3 is 10.2 Å². The molecule has 9 nitrogen and oxygen atoms in total. The Labute approximate surface area is 191 Å². The van der Waals surface area contributed by atoms with Crippen molar-refractivity contribution in [3.05, 3.63) is 69.0 Å². The van der Waals surface area contributed by atoms with Gasteiger partial charge in [-0.05, 0) is 38.0 Å². The number of para-hydroxylation sites is 1. The van der Waals surface area contributed by atoms with Gasteiger partial charge in [0, 0.05) is 56.7 Å². The Morgan fingerprint density at radius 2 is 1.88 bits per heavy atom. The molecule has 1 aromatic carbocycles. The lowest BCUT2D eigenvalue weighted by Crippen LogP contribution is -2.52. The second-order valence-electron chi connectivity index (χ2n) is 8.87. The molecule has 2 aliphatic rings. The van der Waals surface area contributed by atoms with E-state index in [1.54, 1.807) is 0 Å². The van der Waals surface area contributed by atoms with E-state index >= 15 is 0 Å². The van der Waals surface area contributed by atoms with Crippen LogP contribution in [-0.4, -0.2) is 64.1 Å². The van der Waals surface area contributed by atoms with E-state index in [0.29, 0.717) is 17.8 Å². The predicted molar refractivity (Wildman–Crippen MR) is 127 cm³/mol. The molecular weight excluding hydrogens is 420 g/mol. The van der Waals surface area contributed by atoms with Crippen LogP contribution < -0.4 is 21.5 Å². The van der Waals surface area contributed by atoms with Gasteiger partial charge in [-0.2, -0.15) is 0 Å². The zero-order valence-electron chi connectivity index (χ0n) is 18.7. The largest absolute Gasteiger partial charge is 0.369 e. The summed E-state index contributed by atoms with van der Waals surface area (Å²) in [6.07, 6.45) is 3.23. The fraction of sp³-hybridized carbons (Fsp3) is 0.417. The summed E-state index contributed by atoms with van der Waals surface area (Å²) in [4.78, 5) is 48.6. The fourth-order valence-corrected chi connectivity index (χ4v) is 4.46. The number of piperazine rings is 1. The predicted octanol–water partition coefficient (Wildman–Crippen LogP) is 1.36. The van der Waals surface area contributed by atoms with Gasteiger partial charge in [0.2, 0.25) is 0 Å². The highest BCUT2D eigenvalue weighted by atomic mass is 16.2. The van der Waals surface area contributed by atoms with E-state index in [9.17, 15) is 14.4 Å². The molecule has 1 amide bonds. The number of nitrogens with zero attached hydrogens (tertiary/aromatic N) is 4. The number of carbonyl (C=O) groups is 1. The first-order valence-corrected chi connectivity index (χ1v) is 11.5. The Hall–Kier alpha value is -3.46. The Morgan fingerprint density at radius 3 is 2.58 bits per heavy atom. The Kier molecular flexibility index (Phi) is 5.72. The number of carbonyl (C=O) groups excluding carboxylic acids is 1. The van der Waals surface area contributed by atoms with Crippen molar-refractivity contribution in [2.45, 2.75) is 31.8 Å². The number of anilines is 1. The molecule has 33 heavy (non-hydrogen) atoms. The van der Waals surface area contributed by atoms with Crippen molar-refractivity contribution >= 4 is 22.6 Å². The quantitative estimate of drug-likeness (QED) is 0.590. The third-order valence-corrected chi connectivity index (χ3v) is 6.57. The van der Waals surface area contributed by atoms with Crippen molar-refractivity contribution in [1.82, 2.24) is 24.8 Å². The third-order valence-electron chi connectivity index (χ3n) is 6.57. The lowest BCUT2D eigenvalue weighted by molar-refractivity contribution is 0.0934. The normalized spacial score (nSPS) is 17.8. The maximum Gasteiger partial charge on any atom is 0.330 e. The summed E-state index contributed by atoms with van der Waals surface area (Å²) >= 11 is 0. The van der Waals surface area contributed by atoms with Crippen LogP contribution in [-0.2, 0) is 0 Å². The smallest absolute Gasteiger partial charge is 0.330 e. The van der Waals surface area contributed by atoms with Crippen LogP contribution in [0.1, 0.15) is 36.2 Å². The van der Waals surface area contributed by atoms with Gasteiger partial charge in [0.1, 0.15) is 5.65 Å². The van der Waals surface area contributed by atoms with Gasteiger partial charge in [-0.25, -0.2) is 9.78 Å². The van der Waals surface area contributed by atoms with Gasteiger partial charge in [0.15, 0.2) is 0 Å². The number of aromatic amines is 1. The number of benzene rings is 1. The molecule has 9 heteroatoms. The summed E-state index contributed by atoms with van der Waals surface area (Å²) in [6, 6.07) is 12.2. The lowest BCUT2D eigenvalue weighted by atomic mass is 10.2. The number of aromatic nitrogens is 3. The van der Waals surface area contributed by atoms with Crippen molar-refractivity contribution in [3.63, 3.8) is 0 Å². The molecule has 0 spiro atoms. The van der Waals surface area contributed by atoms with E-state index < -0.39 is 11.2 Å². The summed E-state index contributed by atoms with van der Waals surface area (Å²) in [6.45, 7) is 6.36. The SMILES string of the molecule is CC(CNC(=O)c1cnc2c(c1)c(=O)[nH]c(=O)n2C1CC1)N1CCN(c2ccccc2)CC1. The zero-order valence-corrected chi connectivity index (χ0v) is 18.7. The van der Waals surface area contributed by atoms with Crippen LogP contribution in [0.3, 0.4) is 0 Å². The summed E-state index contributed by atoms with van der Waals surface area (Å²) in [7, 11) is 0. The highest BCUT2D eigenvalue weighted by Crippen LogP contribution is 2.34. The number of hydrogen-bond acceptors (Lipinski definition) is 6. The molecule has 1 saturated heterocycles. The Morgan fingerprint density at radius 1 is 1.15 bits per heavy atom. The van der Waals surface area contributed by atoms with Crippen molar-refractivity contribution in [3.8, 4) is 0 Å². The van der Waals surface area contributed by atoms with Crippen molar-refractivity contribution < 1.29 is 4.79 Å². The fourth-order valence-electron chi connectivity index (χ4n) is 4.46. The van der Waals surface area contributed by atoms with Gasteiger partial charge in [0.05, 0.1) is 10.9 Å². The number of H-pyrrole nitrogens is 1. The van der Waals surface area contributed by atoms with Gasteiger partial charge in [-0.1, -0.05) is 18.2 Å². The van der Waals surface area contributed by atoms with Gasteiger partial charge in [-0.15, -0.1) is 0 Å². The number of amides is 1. The molecular formula is C24H28N6O3. The average Bonchev–Trinajstić information content (AvgIpc) is 3.68. The molecule has 1 aliphatic heterocycles. The topological polar surface area (TPSA) is 103 Å². The summed E-state index contributed by atoms with van der Waals surface area (Å²) in [5.41, 5.74) is 0.936. The third kappa shape index (κ3) is 4.41. The molecule has 3 heterocycles. The van der Waals surface area contributed by atoms with Crippen LogP contribution in [0.5, 0.6) is 0 Å². The minimum Gasteiger partial charge on any atom is -0.369 e. The van der Waals surface area contributed by atoms with Gasteiger partial charge in [-0.3, -0.25) is 24.0 Å². The molecule has 3 aromatic rings. The van der Waals surface area contributed by atoms with Crippen LogP contribution in [0.15, 0.2) is 52.2 Å². The van der Waals surface area contributed by atoms with E-state index in [4.69, 9.17) is 0 Å². The molecule has 0 radical (unpaired) electrons. The van der Waals surface area contributed by atoms with Crippen LogP contribution in [0.2, 0.25) is 0 Å². The Balaban J connectivity index is 1.21. The molecule has 172 valence electrons. The number of rotatable bonds is 6. The van der Waals surface area contributed by atoms with E-state index in [1.165, 1.54) is 22.5 Å². The summed E-state index contributed by atoms with van der Waals surface area (Å²) in [5, 5.41) is 3.23. The first kappa shape index (κ1) is 21.4. The number of hydrogen-bond donors (Lipinski definition) is 2. The monoisotopic (exact) mass is 448 g/mol. The molecule has 2 fully saturated rings. The average molecular weight is 449 g/mol. The Bertz CT molecular complexity index is 1270. The van der Waals surface area contributed by atoms with E-state index in [0.717, 1.165) is 39.0 Å². The van der Waals surface area contributed by atoms with Crippen LogP contribution in [0.25, 0.3) is 11.0 Å². The highest BCUT2D eigenvalue weighted by molar-refractivity contribution is 5.96. The van der Waals surface area contributed by atoms with Crippen molar-refractivity contribution in [2.24, 2.45) is 0 Å². The number of fused-ring (bicyclic) bond motifs is 1. The first-order chi connectivity index (χ1) is 16.0. The van der Waals surface area contributed by atoms with E-state index in [2.05, 4.69) is 56.3 Å². The van der Waals surface area contributed by atoms with Gasteiger partial charge in [0.25, 0.3) is 11.5 Å². The van der Waals surface area contributed by atoms with Crippen LogP contribution >= 0.6 is 0 Å². The molecule has 2 N–H and O–H groups in total. The summed E-state index contributed by atoms with van der Waals surface area (Å²) in [5.74, 6) is -0.275. The number of nitrogens with one attached hydrogen (secondary N) is 2. The molecule has 1 atom stereocenters. The number of pyridine rings is 1. The second kappa shape index (κ2) is 8.82. The summed E-state index contributed by atoms with van der Waals surface area (Å²) < 4.78 is 1.52. The maximum absolute atomic E-state index is 12.8. The second-order valence-corrected chi connectivity index (χ2v) is 8.87.